The molecular weight excluding hydrogens is 299 g/mol. The molecule has 0 spiro atoms. The maximum absolute atomic E-state index is 13.6. The average molecular weight is 314 g/mol. The molecule has 4 nitrogen and oxygen atoms in total. The zero-order valence-corrected chi connectivity index (χ0v) is 12.7. The molecule has 1 atom stereocenters. The van der Waals surface area contributed by atoms with Crippen LogP contribution < -0.4 is 10.0 Å². The SMILES string of the molecule is CC(Nc1ccc(F)c(NS(C)(=O)=O)c1)c1cccs1. The van der Waals surface area contributed by atoms with Crippen LogP contribution in [-0.4, -0.2) is 14.7 Å². The lowest BCUT2D eigenvalue weighted by Crippen LogP contribution is -2.12. The number of sulfonamides is 1. The van der Waals surface area contributed by atoms with Gasteiger partial charge in [0.05, 0.1) is 18.0 Å². The molecule has 0 saturated carbocycles. The van der Waals surface area contributed by atoms with Crippen LogP contribution in [0.4, 0.5) is 15.8 Å². The van der Waals surface area contributed by atoms with E-state index in [0.717, 1.165) is 11.1 Å². The summed E-state index contributed by atoms with van der Waals surface area (Å²) in [6, 6.07) is 8.28. The van der Waals surface area contributed by atoms with Gasteiger partial charge in [-0.05, 0) is 36.6 Å². The molecule has 0 fully saturated rings. The van der Waals surface area contributed by atoms with Crippen LogP contribution >= 0.6 is 11.3 Å². The summed E-state index contributed by atoms with van der Waals surface area (Å²) in [4.78, 5) is 1.15. The van der Waals surface area contributed by atoms with Crippen LogP contribution in [0, 0.1) is 5.82 Å². The molecule has 0 bridgehead atoms. The summed E-state index contributed by atoms with van der Waals surface area (Å²) < 4.78 is 38.1. The molecular formula is C13H15FN2O2S2. The molecule has 108 valence electrons. The summed E-state index contributed by atoms with van der Waals surface area (Å²) in [5.74, 6) is -0.607. The highest BCUT2D eigenvalue weighted by Crippen LogP contribution is 2.26. The number of hydrogen-bond acceptors (Lipinski definition) is 4. The van der Waals surface area contributed by atoms with Crippen LogP contribution in [-0.2, 0) is 10.0 Å². The lowest BCUT2D eigenvalue weighted by molar-refractivity contribution is 0.604. The van der Waals surface area contributed by atoms with Gasteiger partial charge in [0, 0.05) is 10.6 Å². The first kappa shape index (κ1) is 14.8. The Bertz CT molecular complexity index is 684. The van der Waals surface area contributed by atoms with Crippen molar-refractivity contribution in [3.05, 3.63) is 46.4 Å². The fourth-order valence-corrected chi connectivity index (χ4v) is 3.04. The van der Waals surface area contributed by atoms with Crippen LogP contribution in [0.2, 0.25) is 0 Å². The molecule has 1 heterocycles. The van der Waals surface area contributed by atoms with Crippen LogP contribution in [0.5, 0.6) is 0 Å². The average Bonchev–Trinajstić information content (AvgIpc) is 2.85. The molecule has 1 unspecified atom stereocenters. The van der Waals surface area contributed by atoms with E-state index in [1.807, 2.05) is 24.4 Å². The van der Waals surface area contributed by atoms with Gasteiger partial charge in [-0.1, -0.05) is 6.07 Å². The van der Waals surface area contributed by atoms with Crippen LogP contribution in [0.15, 0.2) is 35.7 Å². The molecule has 7 heteroatoms. The lowest BCUT2D eigenvalue weighted by Gasteiger charge is -2.15. The van der Waals surface area contributed by atoms with Gasteiger partial charge in [-0.3, -0.25) is 4.72 Å². The highest BCUT2D eigenvalue weighted by molar-refractivity contribution is 7.92. The maximum Gasteiger partial charge on any atom is 0.229 e. The van der Waals surface area contributed by atoms with Gasteiger partial charge in [0.1, 0.15) is 5.82 Å². The smallest absolute Gasteiger partial charge is 0.229 e. The summed E-state index contributed by atoms with van der Waals surface area (Å²) in [7, 11) is -3.50. The largest absolute Gasteiger partial charge is 0.378 e. The van der Waals surface area contributed by atoms with Crippen LogP contribution in [0.25, 0.3) is 0 Å². The minimum Gasteiger partial charge on any atom is -0.378 e. The summed E-state index contributed by atoms with van der Waals surface area (Å²) in [5.41, 5.74) is 0.592. The Morgan fingerprint density at radius 1 is 1.30 bits per heavy atom. The zero-order valence-electron chi connectivity index (χ0n) is 11.1. The van der Waals surface area contributed by atoms with E-state index in [1.54, 1.807) is 17.4 Å². The Morgan fingerprint density at radius 3 is 2.65 bits per heavy atom. The second-order valence-electron chi connectivity index (χ2n) is 4.45. The van der Waals surface area contributed by atoms with Gasteiger partial charge >= 0.3 is 0 Å². The standard InChI is InChI=1S/C13H15FN2O2S2/c1-9(13-4-3-7-19-13)15-10-5-6-11(14)12(8-10)16-20(2,17)18/h3-9,15-16H,1-2H3. The maximum atomic E-state index is 13.6. The first-order valence-electron chi connectivity index (χ1n) is 5.92. The first-order chi connectivity index (χ1) is 9.35. The molecule has 0 amide bonds. The molecule has 1 aromatic carbocycles. The molecule has 0 aliphatic heterocycles. The van der Waals surface area contributed by atoms with E-state index in [0.29, 0.717) is 5.69 Å². The number of rotatable bonds is 5. The Labute approximate surface area is 121 Å². The second kappa shape index (κ2) is 5.80. The topological polar surface area (TPSA) is 58.2 Å². The number of thiophene rings is 1. The Balaban J connectivity index is 2.19. The summed E-state index contributed by atoms with van der Waals surface area (Å²) in [6.07, 6.45) is 0.987. The third-order valence-electron chi connectivity index (χ3n) is 2.61. The summed E-state index contributed by atoms with van der Waals surface area (Å²) in [6.45, 7) is 1.98. The van der Waals surface area contributed by atoms with E-state index in [2.05, 4.69) is 10.0 Å². The van der Waals surface area contributed by atoms with E-state index in [9.17, 15) is 12.8 Å². The molecule has 0 radical (unpaired) electrons. The van der Waals surface area contributed by atoms with Gasteiger partial charge in [0.15, 0.2) is 0 Å². The van der Waals surface area contributed by atoms with Crippen molar-refractivity contribution in [2.75, 3.05) is 16.3 Å². The number of nitrogens with one attached hydrogen (secondary N) is 2. The molecule has 2 rings (SSSR count). The fourth-order valence-electron chi connectivity index (χ4n) is 1.75. The van der Waals surface area contributed by atoms with Crippen molar-refractivity contribution in [3.63, 3.8) is 0 Å². The van der Waals surface area contributed by atoms with E-state index in [4.69, 9.17) is 0 Å². The third-order valence-corrected chi connectivity index (χ3v) is 4.26. The Morgan fingerprint density at radius 2 is 2.05 bits per heavy atom. The number of halogens is 1. The van der Waals surface area contributed by atoms with E-state index in [-0.39, 0.29) is 11.7 Å². The van der Waals surface area contributed by atoms with Crippen LogP contribution in [0.3, 0.4) is 0 Å². The quantitative estimate of drug-likeness (QED) is 0.889. The number of hydrogen-bond donors (Lipinski definition) is 2. The Hall–Kier alpha value is -1.60. The fraction of sp³-hybridized carbons (Fsp3) is 0.231. The van der Waals surface area contributed by atoms with Gasteiger partial charge in [0.25, 0.3) is 0 Å². The van der Waals surface area contributed by atoms with Crippen LogP contribution in [0.1, 0.15) is 17.8 Å². The van der Waals surface area contributed by atoms with Crippen molar-refractivity contribution in [3.8, 4) is 0 Å². The van der Waals surface area contributed by atoms with Crippen molar-refractivity contribution in [1.29, 1.82) is 0 Å². The predicted molar refractivity (Wildman–Crippen MR) is 81.2 cm³/mol. The minimum atomic E-state index is -3.50. The van der Waals surface area contributed by atoms with Crippen molar-refractivity contribution in [2.45, 2.75) is 13.0 Å². The van der Waals surface area contributed by atoms with E-state index >= 15 is 0 Å². The zero-order chi connectivity index (χ0) is 14.8. The number of anilines is 2. The lowest BCUT2D eigenvalue weighted by atomic mass is 10.2. The van der Waals surface area contributed by atoms with Gasteiger partial charge in [-0.25, -0.2) is 12.8 Å². The monoisotopic (exact) mass is 314 g/mol. The molecule has 1 aromatic heterocycles. The van der Waals surface area contributed by atoms with Crippen molar-refractivity contribution in [2.24, 2.45) is 0 Å². The van der Waals surface area contributed by atoms with Gasteiger partial charge in [0.2, 0.25) is 10.0 Å². The van der Waals surface area contributed by atoms with Gasteiger partial charge in [-0.15, -0.1) is 11.3 Å². The van der Waals surface area contributed by atoms with E-state index < -0.39 is 15.8 Å². The van der Waals surface area contributed by atoms with Gasteiger partial charge < -0.3 is 5.32 Å². The number of benzene rings is 1. The third kappa shape index (κ3) is 3.94. The highest BCUT2D eigenvalue weighted by atomic mass is 32.2. The summed E-state index contributed by atoms with van der Waals surface area (Å²) in [5, 5.41) is 5.19. The molecule has 20 heavy (non-hydrogen) atoms. The second-order valence-corrected chi connectivity index (χ2v) is 7.18. The highest BCUT2D eigenvalue weighted by Gasteiger charge is 2.11. The van der Waals surface area contributed by atoms with Crippen molar-refractivity contribution in [1.82, 2.24) is 0 Å². The molecule has 0 saturated heterocycles. The first-order valence-corrected chi connectivity index (χ1v) is 8.69. The molecule has 0 aliphatic carbocycles. The summed E-state index contributed by atoms with van der Waals surface area (Å²) >= 11 is 1.62. The van der Waals surface area contributed by atoms with E-state index in [1.165, 1.54) is 12.1 Å². The van der Waals surface area contributed by atoms with Gasteiger partial charge in [-0.2, -0.15) is 0 Å². The normalized spacial score (nSPS) is 12.9. The molecule has 0 aliphatic rings. The molecule has 2 N–H and O–H groups in total. The van der Waals surface area contributed by atoms with Crippen molar-refractivity contribution < 1.29 is 12.8 Å². The Kier molecular flexibility index (Phi) is 4.29. The minimum absolute atomic E-state index is 0.0594. The predicted octanol–water partition coefficient (Wildman–Crippen LogP) is 3.43. The van der Waals surface area contributed by atoms with Crippen molar-refractivity contribution >= 4 is 32.7 Å². The molecule has 2 aromatic rings.